The lowest BCUT2D eigenvalue weighted by Gasteiger charge is -2.18. The highest BCUT2D eigenvalue weighted by Crippen LogP contribution is 2.28. The summed E-state index contributed by atoms with van der Waals surface area (Å²) in [7, 11) is 0. The number of rotatable bonds is 3. The van der Waals surface area contributed by atoms with Gasteiger partial charge in [-0.2, -0.15) is 0 Å². The fourth-order valence-corrected chi connectivity index (χ4v) is 2.20. The number of benzene rings is 2. The van der Waals surface area contributed by atoms with Crippen LogP contribution < -0.4 is 15.4 Å². The third-order valence-corrected chi connectivity index (χ3v) is 3.15. The summed E-state index contributed by atoms with van der Waals surface area (Å²) >= 11 is 0. The van der Waals surface area contributed by atoms with Crippen molar-refractivity contribution in [2.24, 2.45) is 0 Å². The van der Waals surface area contributed by atoms with Gasteiger partial charge in [0.25, 0.3) is 5.91 Å². The van der Waals surface area contributed by atoms with E-state index in [0.717, 1.165) is 5.56 Å². The van der Waals surface area contributed by atoms with E-state index in [0.29, 0.717) is 17.1 Å². The second-order valence-electron chi connectivity index (χ2n) is 4.90. The average molecular weight is 300 g/mol. The van der Waals surface area contributed by atoms with Crippen LogP contribution in [0, 0.1) is 5.82 Å². The molecule has 3 rings (SSSR count). The van der Waals surface area contributed by atoms with Gasteiger partial charge in [0.05, 0.1) is 12.1 Å². The molecule has 2 amide bonds. The van der Waals surface area contributed by atoms with Gasteiger partial charge >= 0.3 is 0 Å². The van der Waals surface area contributed by atoms with Gasteiger partial charge in [-0.25, -0.2) is 4.39 Å². The number of anilines is 2. The summed E-state index contributed by atoms with van der Waals surface area (Å²) in [6, 6.07) is 10.8. The van der Waals surface area contributed by atoms with E-state index in [1.165, 1.54) is 18.2 Å². The third-order valence-electron chi connectivity index (χ3n) is 3.15. The number of fused-ring (bicyclic) bond motifs is 1. The van der Waals surface area contributed by atoms with E-state index in [4.69, 9.17) is 4.74 Å². The van der Waals surface area contributed by atoms with Gasteiger partial charge in [0.15, 0.2) is 6.61 Å². The summed E-state index contributed by atoms with van der Waals surface area (Å²) < 4.78 is 18.3. The molecule has 5 nitrogen and oxygen atoms in total. The van der Waals surface area contributed by atoms with Crippen molar-refractivity contribution in [1.82, 2.24) is 0 Å². The van der Waals surface area contributed by atoms with Crippen LogP contribution >= 0.6 is 0 Å². The second-order valence-corrected chi connectivity index (χ2v) is 4.90. The minimum absolute atomic E-state index is 0.00754. The summed E-state index contributed by atoms with van der Waals surface area (Å²) in [5.41, 5.74) is 1.67. The van der Waals surface area contributed by atoms with Crippen LogP contribution in [-0.4, -0.2) is 18.4 Å². The number of ether oxygens (including phenoxy) is 1. The van der Waals surface area contributed by atoms with Crippen LogP contribution in [0.1, 0.15) is 5.56 Å². The molecule has 0 saturated carbocycles. The molecule has 1 aliphatic heterocycles. The molecule has 0 bridgehead atoms. The molecule has 0 fully saturated rings. The molecule has 0 radical (unpaired) electrons. The molecular formula is C16H13FN2O3. The zero-order valence-electron chi connectivity index (χ0n) is 11.6. The largest absolute Gasteiger partial charge is 0.482 e. The molecule has 0 aliphatic carbocycles. The summed E-state index contributed by atoms with van der Waals surface area (Å²) in [4.78, 5) is 23.3. The quantitative estimate of drug-likeness (QED) is 0.914. The Morgan fingerprint density at radius 3 is 2.95 bits per heavy atom. The van der Waals surface area contributed by atoms with Gasteiger partial charge in [-0.1, -0.05) is 12.1 Å². The van der Waals surface area contributed by atoms with E-state index in [9.17, 15) is 14.0 Å². The van der Waals surface area contributed by atoms with Crippen LogP contribution in [-0.2, 0) is 16.0 Å². The SMILES string of the molecule is O=C(Cc1ccc2c(c1)NC(=O)CO2)Nc1cccc(F)c1. The monoisotopic (exact) mass is 300 g/mol. The molecule has 0 unspecified atom stereocenters. The van der Waals surface area contributed by atoms with Gasteiger partial charge in [-0.3, -0.25) is 9.59 Å². The predicted molar refractivity (Wildman–Crippen MR) is 79.3 cm³/mol. The lowest BCUT2D eigenvalue weighted by molar-refractivity contribution is -0.118. The maximum atomic E-state index is 13.1. The first-order chi connectivity index (χ1) is 10.6. The molecular weight excluding hydrogens is 287 g/mol. The van der Waals surface area contributed by atoms with Gasteiger partial charge < -0.3 is 15.4 Å². The van der Waals surface area contributed by atoms with Gasteiger partial charge in [-0.05, 0) is 35.9 Å². The number of carbonyl (C=O) groups excluding carboxylic acids is 2. The summed E-state index contributed by atoms with van der Waals surface area (Å²) in [6.07, 6.45) is 0.111. The highest BCUT2D eigenvalue weighted by atomic mass is 19.1. The van der Waals surface area contributed by atoms with Crippen molar-refractivity contribution in [1.29, 1.82) is 0 Å². The molecule has 0 saturated heterocycles. The van der Waals surface area contributed by atoms with E-state index in [1.807, 2.05) is 0 Å². The molecule has 0 aromatic heterocycles. The number of hydrogen-bond acceptors (Lipinski definition) is 3. The number of carbonyl (C=O) groups is 2. The fourth-order valence-electron chi connectivity index (χ4n) is 2.20. The van der Waals surface area contributed by atoms with E-state index >= 15 is 0 Å². The zero-order valence-corrected chi connectivity index (χ0v) is 11.6. The number of halogens is 1. The Bertz CT molecular complexity index is 746. The summed E-state index contributed by atoms with van der Waals surface area (Å²) in [5, 5.41) is 5.31. The molecule has 2 aromatic rings. The average Bonchev–Trinajstić information content (AvgIpc) is 2.46. The first kappa shape index (κ1) is 14.1. The standard InChI is InChI=1S/C16H13FN2O3/c17-11-2-1-3-12(8-11)18-15(20)7-10-4-5-14-13(6-10)19-16(21)9-22-14/h1-6,8H,7,9H2,(H,18,20)(H,19,21). The van der Waals surface area contributed by atoms with E-state index < -0.39 is 5.82 Å². The molecule has 6 heteroatoms. The maximum absolute atomic E-state index is 13.1. The molecule has 2 N–H and O–H groups in total. The van der Waals surface area contributed by atoms with Gasteiger partial charge in [0, 0.05) is 5.69 Å². The molecule has 22 heavy (non-hydrogen) atoms. The highest BCUT2D eigenvalue weighted by molar-refractivity contribution is 5.96. The molecule has 0 atom stereocenters. The molecule has 1 aliphatic rings. The summed E-state index contributed by atoms with van der Waals surface area (Å²) in [6.45, 7) is -0.00754. The van der Waals surface area contributed by atoms with Gasteiger partial charge in [0.2, 0.25) is 5.91 Å². The smallest absolute Gasteiger partial charge is 0.262 e. The van der Waals surface area contributed by atoms with Crippen LogP contribution in [0.4, 0.5) is 15.8 Å². The van der Waals surface area contributed by atoms with Crippen LogP contribution in [0.15, 0.2) is 42.5 Å². The topological polar surface area (TPSA) is 67.4 Å². The minimum Gasteiger partial charge on any atom is -0.482 e. The Hall–Kier alpha value is -2.89. The van der Waals surface area contributed by atoms with Crippen molar-refractivity contribution in [2.45, 2.75) is 6.42 Å². The third kappa shape index (κ3) is 3.22. The van der Waals surface area contributed by atoms with Crippen molar-refractivity contribution in [3.63, 3.8) is 0 Å². The van der Waals surface area contributed by atoms with E-state index in [1.54, 1.807) is 24.3 Å². The Balaban J connectivity index is 1.69. The zero-order chi connectivity index (χ0) is 15.5. The van der Waals surface area contributed by atoms with Crippen molar-refractivity contribution in [3.05, 3.63) is 53.8 Å². The first-order valence-corrected chi connectivity index (χ1v) is 6.71. The second kappa shape index (κ2) is 5.85. The Morgan fingerprint density at radius 1 is 1.27 bits per heavy atom. The van der Waals surface area contributed by atoms with Crippen LogP contribution in [0.2, 0.25) is 0 Å². The molecule has 112 valence electrons. The molecule has 2 aromatic carbocycles. The molecule has 0 spiro atoms. The van der Waals surface area contributed by atoms with Crippen molar-refractivity contribution in [2.75, 3.05) is 17.2 Å². The van der Waals surface area contributed by atoms with Gasteiger partial charge in [-0.15, -0.1) is 0 Å². The Kier molecular flexibility index (Phi) is 3.74. The number of hydrogen-bond donors (Lipinski definition) is 2. The van der Waals surface area contributed by atoms with Crippen molar-refractivity contribution >= 4 is 23.2 Å². The van der Waals surface area contributed by atoms with Gasteiger partial charge in [0.1, 0.15) is 11.6 Å². The Morgan fingerprint density at radius 2 is 2.14 bits per heavy atom. The molecule has 1 heterocycles. The van der Waals surface area contributed by atoms with Crippen LogP contribution in [0.25, 0.3) is 0 Å². The number of amides is 2. The van der Waals surface area contributed by atoms with Crippen LogP contribution in [0.3, 0.4) is 0 Å². The Labute approximate surface area is 126 Å². The highest BCUT2D eigenvalue weighted by Gasteiger charge is 2.16. The lowest BCUT2D eigenvalue weighted by atomic mass is 10.1. The van der Waals surface area contributed by atoms with E-state index in [-0.39, 0.29) is 24.8 Å². The minimum atomic E-state index is -0.411. The van der Waals surface area contributed by atoms with Crippen molar-refractivity contribution in [3.8, 4) is 5.75 Å². The fraction of sp³-hybridized carbons (Fsp3) is 0.125. The predicted octanol–water partition coefficient (Wildman–Crippen LogP) is 2.34. The lowest BCUT2D eigenvalue weighted by Crippen LogP contribution is -2.25. The maximum Gasteiger partial charge on any atom is 0.262 e. The van der Waals surface area contributed by atoms with Crippen LogP contribution in [0.5, 0.6) is 5.75 Å². The summed E-state index contributed by atoms with van der Waals surface area (Å²) in [5.74, 6) is -0.331. The number of nitrogens with one attached hydrogen (secondary N) is 2. The van der Waals surface area contributed by atoms with Crippen molar-refractivity contribution < 1.29 is 18.7 Å². The first-order valence-electron chi connectivity index (χ1n) is 6.71. The van der Waals surface area contributed by atoms with E-state index in [2.05, 4.69) is 10.6 Å². The normalized spacial score (nSPS) is 12.9.